The molecular formula is C7H13N3O3. The number of aromatic nitrogens is 2. The van der Waals surface area contributed by atoms with E-state index in [-0.39, 0.29) is 19.3 Å². The first-order valence-corrected chi connectivity index (χ1v) is 4.00. The molecule has 0 aromatic carbocycles. The maximum absolute atomic E-state index is 8.72. The van der Waals surface area contributed by atoms with E-state index in [4.69, 9.17) is 14.7 Å². The normalized spacial score (nSPS) is 11.1. The van der Waals surface area contributed by atoms with Crippen LogP contribution in [0.15, 0.2) is 4.52 Å². The van der Waals surface area contributed by atoms with Crippen molar-refractivity contribution in [3.05, 3.63) is 11.7 Å². The molecule has 13 heavy (non-hydrogen) atoms. The zero-order chi connectivity index (χ0) is 9.68. The van der Waals surface area contributed by atoms with E-state index in [2.05, 4.69) is 15.5 Å². The molecule has 0 radical (unpaired) electrons. The van der Waals surface area contributed by atoms with Crippen molar-refractivity contribution in [1.29, 1.82) is 0 Å². The van der Waals surface area contributed by atoms with Gasteiger partial charge in [0.1, 0.15) is 0 Å². The molecule has 0 spiro atoms. The van der Waals surface area contributed by atoms with Gasteiger partial charge in [-0.3, -0.25) is 0 Å². The van der Waals surface area contributed by atoms with Crippen LogP contribution in [-0.2, 0) is 6.54 Å². The van der Waals surface area contributed by atoms with Crippen LogP contribution in [0.1, 0.15) is 11.7 Å². The number of nitrogens with one attached hydrogen (secondary N) is 1. The molecule has 3 N–H and O–H groups in total. The summed E-state index contributed by atoms with van der Waals surface area (Å²) in [5.41, 5.74) is 0. The first kappa shape index (κ1) is 10.1. The highest BCUT2D eigenvalue weighted by Crippen LogP contribution is 1.94. The van der Waals surface area contributed by atoms with Gasteiger partial charge in [0.2, 0.25) is 5.89 Å². The van der Waals surface area contributed by atoms with Crippen molar-refractivity contribution in [3.63, 3.8) is 0 Å². The highest BCUT2D eigenvalue weighted by molar-refractivity contribution is 4.83. The van der Waals surface area contributed by atoms with Gasteiger partial charge in [-0.15, -0.1) is 0 Å². The van der Waals surface area contributed by atoms with Crippen molar-refractivity contribution in [2.45, 2.75) is 19.5 Å². The van der Waals surface area contributed by atoms with Crippen molar-refractivity contribution >= 4 is 0 Å². The maximum Gasteiger partial charge on any atom is 0.223 e. The number of rotatable bonds is 5. The highest BCUT2D eigenvalue weighted by Gasteiger charge is 2.07. The molecule has 0 amide bonds. The summed E-state index contributed by atoms with van der Waals surface area (Å²) in [4.78, 5) is 3.95. The van der Waals surface area contributed by atoms with Gasteiger partial charge in [-0.1, -0.05) is 5.16 Å². The Morgan fingerprint density at radius 1 is 1.46 bits per heavy atom. The fourth-order valence-electron chi connectivity index (χ4n) is 0.836. The predicted molar refractivity (Wildman–Crippen MR) is 43.8 cm³/mol. The lowest BCUT2D eigenvalue weighted by Gasteiger charge is -2.10. The summed E-state index contributed by atoms with van der Waals surface area (Å²) < 4.78 is 4.74. The van der Waals surface area contributed by atoms with E-state index in [9.17, 15) is 0 Å². The molecule has 1 aromatic rings. The predicted octanol–water partition coefficient (Wildman–Crippen LogP) is -1.18. The quantitative estimate of drug-likeness (QED) is 0.537. The molecule has 0 saturated carbocycles. The summed E-state index contributed by atoms with van der Waals surface area (Å²) in [7, 11) is 0. The third kappa shape index (κ3) is 3.10. The topological polar surface area (TPSA) is 91.4 Å². The minimum atomic E-state index is -0.334. The zero-order valence-corrected chi connectivity index (χ0v) is 7.40. The number of hydrogen-bond donors (Lipinski definition) is 3. The number of aryl methyl sites for hydroxylation is 1. The first-order valence-electron chi connectivity index (χ1n) is 4.00. The summed E-state index contributed by atoms with van der Waals surface area (Å²) in [5, 5.41) is 24.0. The molecule has 0 aliphatic heterocycles. The minimum absolute atomic E-state index is 0.118. The molecule has 0 unspecified atom stereocenters. The van der Waals surface area contributed by atoms with Gasteiger partial charge in [0.25, 0.3) is 0 Å². The van der Waals surface area contributed by atoms with Crippen LogP contribution >= 0.6 is 0 Å². The summed E-state index contributed by atoms with van der Waals surface area (Å²) in [6, 6.07) is -0.334. The molecule has 74 valence electrons. The van der Waals surface area contributed by atoms with Crippen molar-refractivity contribution in [1.82, 2.24) is 15.5 Å². The van der Waals surface area contributed by atoms with Crippen LogP contribution in [0, 0.1) is 6.92 Å². The molecule has 0 atom stereocenters. The van der Waals surface area contributed by atoms with Gasteiger partial charge >= 0.3 is 0 Å². The lowest BCUT2D eigenvalue weighted by atomic mass is 10.3. The Balaban J connectivity index is 2.33. The molecule has 0 bridgehead atoms. The molecule has 6 heteroatoms. The smallest absolute Gasteiger partial charge is 0.223 e. The second-order valence-electron chi connectivity index (χ2n) is 2.67. The van der Waals surface area contributed by atoms with Gasteiger partial charge in [0.05, 0.1) is 25.8 Å². The lowest BCUT2D eigenvalue weighted by Crippen LogP contribution is -2.35. The van der Waals surface area contributed by atoms with Crippen molar-refractivity contribution in [3.8, 4) is 0 Å². The van der Waals surface area contributed by atoms with Crippen LogP contribution < -0.4 is 5.32 Å². The average molecular weight is 187 g/mol. The number of aliphatic hydroxyl groups is 2. The van der Waals surface area contributed by atoms with Crippen molar-refractivity contribution in [2.24, 2.45) is 0 Å². The molecule has 0 fully saturated rings. The van der Waals surface area contributed by atoms with Crippen LogP contribution in [0.4, 0.5) is 0 Å². The van der Waals surface area contributed by atoms with Crippen LogP contribution in [0.5, 0.6) is 0 Å². The van der Waals surface area contributed by atoms with E-state index in [1.807, 2.05) is 0 Å². The largest absolute Gasteiger partial charge is 0.395 e. The van der Waals surface area contributed by atoms with Crippen LogP contribution in [0.3, 0.4) is 0 Å². The van der Waals surface area contributed by atoms with Crippen LogP contribution in [0.25, 0.3) is 0 Å². The van der Waals surface area contributed by atoms with Crippen LogP contribution in [-0.4, -0.2) is 39.6 Å². The molecule has 1 rings (SSSR count). The standard InChI is InChI=1S/C7H13N3O3/c1-5-9-7(10-13-5)2-8-6(3-11)4-12/h6,8,11-12H,2-4H2,1H3. The second kappa shape index (κ2) is 4.90. The fourth-order valence-corrected chi connectivity index (χ4v) is 0.836. The molecular weight excluding hydrogens is 174 g/mol. The maximum atomic E-state index is 8.72. The monoisotopic (exact) mass is 187 g/mol. The van der Waals surface area contributed by atoms with E-state index in [1.54, 1.807) is 6.92 Å². The Morgan fingerprint density at radius 3 is 2.62 bits per heavy atom. The summed E-state index contributed by atoms with van der Waals surface area (Å²) in [6.07, 6.45) is 0. The summed E-state index contributed by atoms with van der Waals surface area (Å²) in [6.45, 7) is 1.84. The number of aliphatic hydroxyl groups excluding tert-OH is 2. The van der Waals surface area contributed by atoms with E-state index < -0.39 is 0 Å². The van der Waals surface area contributed by atoms with Gasteiger partial charge in [0, 0.05) is 6.92 Å². The van der Waals surface area contributed by atoms with Crippen molar-refractivity contribution in [2.75, 3.05) is 13.2 Å². The highest BCUT2D eigenvalue weighted by atomic mass is 16.5. The zero-order valence-electron chi connectivity index (χ0n) is 7.40. The number of nitrogens with zero attached hydrogens (tertiary/aromatic N) is 2. The van der Waals surface area contributed by atoms with Gasteiger partial charge in [-0.25, -0.2) is 0 Å². The van der Waals surface area contributed by atoms with E-state index in [0.29, 0.717) is 18.3 Å². The first-order chi connectivity index (χ1) is 6.26. The Labute approximate surface area is 75.6 Å². The summed E-state index contributed by atoms with van der Waals surface area (Å²) >= 11 is 0. The van der Waals surface area contributed by atoms with E-state index in [0.717, 1.165) is 0 Å². The Kier molecular flexibility index (Phi) is 3.81. The van der Waals surface area contributed by atoms with Gasteiger partial charge in [-0.2, -0.15) is 4.98 Å². The van der Waals surface area contributed by atoms with Gasteiger partial charge < -0.3 is 20.1 Å². The number of hydrogen-bond acceptors (Lipinski definition) is 6. The van der Waals surface area contributed by atoms with Gasteiger partial charge in [-0.05, 0) is 0 Å². The Bertz CT molecular complexity index is 247. The third-order valence-electron chi connectivity index (χ3n) is 1.56. The third-order valence-corrected chi connectivity index (χ3v) is 1.56. The molecule has 0 saturated heterocycles. The van der Waals surface area contributed by atoms with E-state index >= 15 is 0 Å². The van der Waals surface area contributed by atoms with E-state index in [1.165, 1.54) is 0 Å². The SMILES string of the molecule is Cc1nc(CNC(CO)CO)no1. The van der Waals surface area contributed by atoms with Crippen molar-refractivity contribution < 1.29 is 14.7 Å². The molecule has 6 nitrogen and oxygen atoms in total. The molecule has 1 aromatic heterocycles. The fraction of sp³-hybridized carbons (Fsp3) is 0.714. The van der Waals surface area contributed by atoms with Gasteiger partial charge in [0.15, 0.2) is 5.82 Å². The minimum Gasteiger partial charge on any atom is -0.395 e. The average Bonchev–Trinajstić information content (AvgIpc) is 2.53. The van der Waals surface area contributed by atoms with Crippen LogP contribution in [0.2, 0.25) is 0 Å². The Hall–Kier alpha value is -0.980. The molecule has 0 aliphatic rings. The Morgan fingerprint density at radius 2 is 2.15 bits per heavy atom. The second-order valence-corrected chi connectivity index (χ2v) is 2.67. The molecule has 0 aliphatic carbocycles. The molecule has 1 heterocycles. The summed E-state index contributed by atoms with van der Waals surface area (Å²) in [5.74, 6) is 1.02. The lowest BCUT2D eigenvalue weighted by molar-refractivity contribution is 0.169.